The second-order valence-corrected chi connectivity index (χ2v) is 5.54. The van der Waals surface area contributed by atoms with Crippen molar-refractivity contribution in [2.45, 2.75) is 19.4 Å². The van der Waals surface area contributed by atoms with Crippen molar-refractivity contribution in [2.24, 2.45) is 5.92 Å². The monoisotopic (exact) mass is 296 g/mol. The van der Waals surface area contributed by atoms with Crippen molar-refractivity contribution >= 4 is 15.9 Å². The van der Waals surface area contributed by atoms with E-state index < -0.39 is 33.1 Å². The van der Waals surface area contributed by atoms with Crippen LogP contribution in [0.5, 0.6) is 5.75 Å². The number of hydrogen-bond acceptors (Lipinski definition) is 4. The van der Waals surface area contributed by atoms with E-state index in [1.165, 1.54) is 32.0 Å². The molecule has 0 saturated heterocycles. The van der Waals surface area contributed by atoms with Gasteiger partial charge in [0, 0.05) is 5.92 Å². The number of halogens is 3. The highest BCUT2D eigenvalue weighted by molar-refractivity contribution is 7.88. The molecule has 1 rings (SSSR count). The predicted molar refractivity (Wildman–Crippen MR) is 61.2 cm³/mol. The van der Waals surface area contributed by atoms with E-state index in [0.29, 0.717) is 0 Å². The van der Waals surface area contributed by atoms with Crippen LogP contribution in [0.3, 0.4) is 0 Å². The SMILES string of the molecule is CC(C)C(=O)c1ccccc1OS(=O)(=O)C(F)(F)F. The lowest BCUT2D eigenvalue weighted by Gasteiger charge is -2.13. The van der Waals surface area contributed by atoms with E-state index in [2.05, 4.69) is 4.18 Å². The Bertz CT molecular complexity index is 576. The fraction of sp³-hybridized carbons (Fsp3) is 0.364. The molecule has 0 aliphatic heterocycles. The molecular formula is C11H11F3O4S. The van der Waals surface area contributed by atoms with Crippen LogP contribution >= 0.6 is 0 Å². The highest BCUT2D eigenvalue weighted by atomic mass is 32.2. The largest absolute Gasteiger partial charge is 0.534 e. The number of benzene rings is 1. The summed E-state index contributed by atoms with van der Waals surface area (Å²) in [6.07, 6.45) is 0. The average molecular weight is 296 g/mol. The van der Waals surface area contributed by atoms with Gasteiger partial charge in [-0.15, -0.1) is 0 Å². The van der Waals surface area contributed by atoms with E-state index >= 15 is 0 Å². The quantitative estimate of drug-likeness (QED) is 0.487. The number of Topliss-reactive ketones (excluding diaryl/α,β-unsaturated/α-hetero) is 1. The van der Waals surface area contributed by atoms with Crippen LogP contribution in [0.25, 0.3) is 0 Å². The van der Waals surface area contributed by atoms with Crippen molar-refractivity contribution in [3.63, 3.8) is 0 Å². The Morgan fingerprint density at radius 1 is 1.21 bits per heavy atom. The number of para-hydroxylation sites is 1. The lowest BCUT2D eigenvalue weighted by Crippen LogP contribution is -2.28. The number of hydrogen-bond donors (Lipinski definition) is 0. The third kappa shape index (κ3) is 3.46. The summed E-state index contributed by atoms with van der Waals surface area (Å²) in [5.41, 5.74) is -5.74. The molecule has 0 aliphatic carbocycles. The van der Waals surface area contributed by atoms with E-state index in [0.717, 1.165) is 6.07 Å². The van der Waals surface area contributed by atoms with Crippen LogP contribution in [0, 0.1) is 5.92 Å². The van der Waals surface area contributed by atoms with Crippen LogP contribution < -0.4 is 4.18 Å². The minimum atomic E-state index is -5.78. The molecule has 1 aromatic rings. The molecule has 0 unspecified atom stereocenters. The molecule has 4 nitrogen and oxygen atoms in total. The number of carbonyl (C=O) groups excluding carboxylic acids is 1. The molecule has 0 fully saturated rings. The third-order valence-corrected chi connectivity index (χ3v) is 3.13. The van der Waals surface area contributed by atoms with Crippen molar-refractivity contribution in [1.29, 1.82) is 0 Å². The predicted octanol–water partition coefficient (Wildman–Crippen LogP) is 2.75. The maximum absolute atomic E-state index is 12.2. The zero-order valence-corrected chi connectivity index (χ0v) is 10.9. The van der Waals surface area contributed by atoms with Gasteiger partial charge in [0.05, 0.1) is 5.56 Å². The zero-order chi connectivity index (χ0) is 14.8. The Morgan fingerprint density at radius 2 is 1.74 bits per heavy atom. The molecular weight excluding hydrogens is 285 g/mol. The Kier molecular flexibility index (Phi) is 4.24. The highest BCUT2D eigenvalue weighted by Gasteiger charge is 2.48. The summed E-state index contributed by atoms with van der Waals surface area (Å²) < 4.78 is 62.4. The standard InChI is InChI=1S/C11H11F3O4S/c1-7(2)10(15)8-5-3-4-6-9(8)18-19(16,17)11(12,13)14/h3-7H,1-2H3. The molecule has 19 heavy (non-hydrogen) atoms. The van der Waals surface area contributed by atoms with E-state index in [4.69, 9.17) is 0 Å². The maximum Gasteiger partial charge on any atom is 0.534 e. The van der Waals surface area contributed by atoms with Crippen LogP contribution in [-0.2, 0) is 10.1 Å². The summed E-state index contributed by atoms with van der Waals surface area (Å²) in [4.78, 5) is 11.7. The second kappa shape index (κ2) is 5.20. The van der Waals surface area contributed by atoms with E-state index in [-0.39, 0.29) is 5.56 Å². The minimum Gasteiger partial charge on any atom is -0.375 e. The first kappa shape index (κ1) is 15.5. The molecule has 0 aliphatic rings. The Morgan fingerprint density at radius 3 is 2.21 bits per heavy atom. The first-order chi connectivity index (χ1) is 8.56. The van der Waals surface area contributed by atoms with Crippen LogP contribution in [0.4, 0.5) is 13.2 Å². The fourth-order valence-electron chi connectivity index (χ4n) is 1.22. The number of ketones is 1. The summed E-state index contributed by atoms with van der Waals surface area (Å²) in [5.74, 6) is -1.63. The van der Waals surface area contributed by atoms with E-state index in [1.54, 1.807) is 0 Å². The van der Waals surface area contributed by atoms with Crippen molar-refractivity contribution in [3.05, 3.63) is 29.8 Å². The van der Waals surface area contributed by atoms with Crippen LogP contribution in [0.1, 0.15) is 24.2 Å². The molecule has 1 aromatic carbocycles. The van der Waals surface area contributed by atoms with Gasteiger partial charge in [0.1, 0.15) is 0 Å². The van der Waals surface area contributed by atoms with E-state index in [9.17, 15) is 26.4 Å². The van der Waals surface area contributed by atoms with Crippen molar-refractivity contribution < 1.29 is 30.6 Å². The Hall–Kier alpha value is -1.57. The van der Waals surface area contributed by atoms with Crippen molar-refractivity contribution in [2.75, 3.05) is 0 Å². The first-order valence-electron chi connectivity index (χ1n) is 5.20. The third-order valence-electron chi connectivity index (χ3n) is 2.16. The molecule has 0 bridgehead atoms. The van der Waals surface area contributed by atoms with Gasteiger partial charge >= 0.3 is 15.6 Å². The van der Waals surface area contributed by atoms with Gasteiger partial charge in [0.25, 0.3) is 0 Å². The van der Waals surface area contributed by atoms with Crippen molar-refractivity contribution in [3.8, 4) is 5.75 Å². The minimum absolute atomic E-state index is 0.203. The molecule has 0 saturated carbocycles. The topological polar surface area (TPSA) is 60.4 Å². The first-order valence-corrected chi connectivity index (χ1v) is 6.61. The summed E-state index contributed by atoms with van der Waals surface area (Å²) in [6, 6.07) is 4.89. The highest BCUT2D eigenvalue weighted by Crippen LogP contribution is 2.29. The number of carbonyl (C=O) groups is 1. The fourth-order valence-corrected chi connectivity index (χ4v) is 1.70. The molecule has 0 amide bonds. The van der Waals surface area contributed by atoms with Gasteiger partial charge in [0.2, 0.25) is 0 Å². The summed E-state index contributed by atoms with van der Waals surface area (Å²) in [7, 11) is -5.78. The zero-order valence-electron chi connectivity index (χ0n) is 10.1. The smallest absolute Gasteiger partial charge is 0.375 e. The van der Waals surface area contributed by atoms with Crippen LogP contribution in [-0.4, -0.2) is 19.7 Å². The lowest BCUT2D eigenvalue weighted by atomic mass is 10.0. The maximum atomic E-state index is 12.2. The molecule has 8 heteroatoms. The van der Waals surface area contributed by atoms with E-state index in [1.807, 2.05) is 0 Å². The van der Waals surface area contributed by atoms with Crippen LogP contribution in [0.15, 0.2) is 24.3 Å². The number of alkyl halides is 3. The normalized spacial score (nSPS) is 12.5. The molecule has 0 radical (unpaired) electrons. The van der Waals surface area contributed by atoms with Gasteiger partial charge in [0.15, 0.2) is 11.5 Å². The lowest BCUT2D eigenvalue weighted by molar-refractivity contribution is -0.0500. The average Bonchev–Trinajstić information content (AvgIpc) is 2.26. The Labute approximate surface area is 108 Å². The summed E-state index contributed by atoms with van der Waals surface area (Å²) >= 11 is 0. The molecule has 0 aromatic heterocycles. The summed E-state index contributed by atoms with van der Waals surface area (Å²) in [6.45, 7) is 3.08. The molecule has 0 atom stereocenters. The second-order valence-electron chi connectivity index (χ2n) is 4.00. The van der Waals surface area contributed by atoms with Gasteiger partial charge in [-0.2, -0.15) is 21.6 Å². The molecule has 0 N–H and O–H groups in total. The van der Waals surface area contributed by atoms with Crippen LogP contribution in [0.2, 0.25) is 0 Å². The molecule has 0 heterocycles. The van der Waals surface area contributed by atoms with Crippen molar-refractivity contribution in [1.82, 2.24) is 0 Å². The Balaban J connectivity index is 3.21. The van der Waals surface area contributed by atoms with Gasteiger partial charge < -0.3 is 4.18 Å². The van der Waals surface area contributed by atoms with Gasteiger partial charge in [-0.25, -0.2) is 0 Å². The van der Waals surface area contributed by atoms with Gasteiger partial charge in [-0.05, 0) is 12.1 Å². The molecule has 0 spiro atoms. The van der Waals surface area contributed by atoms with Gasteiger partial charge in [-0.1, -0.05) is 26.0 Å². The number of rotatable bonds is 4. The van der Waals surface area contributed by atoms with Gasteiger partial charge in [-0.3, -0.25) is 4.79 Å². The molecule has 106 valence electrons. The summed E-state index contributed by atoms with van der Waals surface area (Å²) in [5, 5.41) is 0.